The molecule has 1 aromatic heterocycles. The van der Waals surface area contributed by atoms with Crippen LogP contribution in [0.25, 0.3) is 20.8 Å². The molecule has 0 aliphatic carbocycles. The molecule has 3 aromatic rings. The molecule has 0 aliphatic heterocycles. The minimum atomic E-state index is -1.21. The number of thiazole rings is 1. The lowest BCUT2D eigenvalue weighted by Crippen LogP contribution is -2.21. The Morgan fingerprint density at radius 2 is 1.86 bits per heavy atom. The molecule has 0 aliphatic rings. The summed E-state index contributed by atoms with van der Waals surface area (Å²) in [7, 11) is 0. The molecule has 0 bridgehead atoms. The van der Waals surface area contributed by atoms with Crippen molar-refractivity contribution in [1.82, 2.24) is 4.98 Å². The van der Waals surface area contributed by atoms with E-state index in [0.717, 1.165) is 20.8 Å². The van der Waals surface area contributed by atoms with Crippen LogP contribution in [0.15, 0.2) is 42.5 Å². The van der Waals surface area contributed by atoms with E-state index in [2.05, 4.69) is 4.98 Å². The van der Waals surface area contributed by atoms with Gasteiger partial charge in [0.05, 0.1) is 16.2 Å². The zero-order chi connectivity index (χ0) is 15.7. The number of aromatic nitrogens is 1. The van der Waals surface area contributed by atoms with E-state index in [0.29, 0.717) is 5.75 Å². The minimum absolute atomic E-state index is 0.132. The molecule has 110 valence electrons. The Balaban J connectivity index is 1.95. The Bertz CT molecular complexity index is 867. The zero-order valence-electron chi connectivity index (χ0n) is 11.5. The molecule has 0 saturated carbocycles. The lowest BCUT2D eigenvalue weighted by Gasteiger charge is -2.01. The number of ether oxygens (including phenoxy) is 1. The third-order valence-corrected chi connectivity index (χ3v) is 4.05. The summed E-state index contributed by atoms with van der Waals surface area (Å²) in [5, 5.41) is 11.6. The van der Waals surface area contributed by atoms with Crippen LogP contribution >= 0.6 is 11.3 Å². The molecule has 0 N–H and O–H groups in total. The maximum Gasteiger partial charge on any atom is 0.308 e. The monoisotopic (exact) mass is 312 g/mol. The number of nitrogens with zero attached hydrogens (tertiary/aromatic N) is 1. The van der Waals surface area contributed by atoms with Crippen LogP contribution in [-0.4, -0.2) is 16.9 Å². The van der Waals surface area contributed by atoms with Gasteiger partial charge in [0.25, 0.3) is 0 Å². The second kappa shape index (κ2) is 5.57. The van der Waals surface area contributed by atoms with E-state index in [9.17, 15) is 14.7 Å². The summed E-state index contributed by atoms with van der Waals surface area (Å²) in [5.74, 6) is -1.11. The summed E-state index contributed by atoms with van der Waals surface area (Å²) < 4.78 is 5.76. The number of benzene rings is 2. The normalized spacial score (nSPS) is 10.6. The van der Waals surface area contributed by atoms with Gasteiger partial charge in [0.1, 0.15) is 10.8 Å². The highest BCUT2D eigenvalue weighted by atomic mass is 32.1. The van der Waals surface area contributed by atoms with Crippen LogP contribution in [0.1, 0.15) is 17.3 Å². The van der Waals surface area contributed by atoms with Crippen molar-refractivity contribution in [3.8, 4) is 16.3 Å². The Hall–Kier alpha value is -2.73. The summed E-state index contributed by atoms with van der Waals surface area (Å²) in [6, 6.07) is 11.7. The molecular weight excluding hydrogens is 302 g/mol. The van der Waals surface area contributed by atoms with E-state index in [1.54, 1.807) is 36.4 Å². The average molecular weight is 312 g/mol. The summed E-state index contributed by atoms with van der Waals surface area (Å²) in [4.78, 5) is 26.2. The minimum Gasteiger partial charge on any atom is -0.545 e. The molecule has 1 heterocycles. The molecule has 0 fully saturated rings. The van der Waals surface area contributed by atoms with E-state index in [1.165, 1.54) is 24.3 Å². The maximum atomic E-state index is 10.9. The first-order valence-electron chi connectivity index (χ1n) is 6.44. The molecular formula is C16H10NO4S-. The van der Waals surface area contributed by atoms with Crippen molar-refractivity contribution in [2.75, 3.05) is 0 Å². The predicted molar refractivity (Wildman–Crippen MR) is 80.7 cm³/mol. The number of carbonyl (C=O) groups is 2. The number of rotatable bonds is 3. The molecule has 0 spiro atoms. The van der Waals surface area contributed by atoms with E-state index in [-0.39, 0.29) is 11.5 Å². The molecule has 6 heteroatoms. The highest BCUT2D eigenvalue weighted by molar-refractivity contribution is 7.21. The number of carboxylic acids is 1. The maximum absolute atomic E-state index is 10.9. The van der Waals surface area contributed by atoms with Gasteiger partial charge in [-0.2, -0.15) is 0 Å². The van der Waals surface area contributed by atoms with Gasteiger partial charge in [-0.25, -0.2) is 4.98 Å². The first-order valence-corrected chi connectivity index (χ1v) is 7.25. The van der Waals surface area contributed by atoms with Crippen LogP contribution < -0.4 is 9.84 Å². The fraction of sp³-hybridized carbons (Fsp3) is 0.0625. The quantitative estimate of drug-likeness (QED) is 0.547. The molecule has 0 amide bonds. The highest BCUT2D eigenvalue weighted by Crippen LogP contribution is 2.31. The van der Waals surface area contributed by atoms with Crippen molar-refractivity contribution in [1.29, 1.82) is 0 Å². The average Bonchev–Trinajstić information content (AvgIpc) is 2.90. The van der Waals surface area contributed by atoms with Crippen molar-refractivity contribution < 1.29 is 19.4 Å². The fourth-order valence-corrected chi connectivity index (χ4v) is 3.02. The van der Waals surface area contributed by atoms with Crippen LogP contribution in [0.2, 0.25) is 0 Å². The van der Waals surface area contributed by atoms with E-state index < -0.39 is 5.97 Å². The van der Waals surface area contributed by atoms with Gasteiger partial charge in [-0.05, 0) is 42.0 Å². The summed E-state index contributed by atoms with van der Waals surface area (Å²) >= 11 is 1.39. The number of aromatic carboxylic acids is 1. The summed E-state index contributed by atoms with van der Waals surface area (Å²) in [6.07, 6.45) is 0. The van der Waals surface area contributed by atoms with Gasteiger partial charge < -0.3 is 14.6 Å². The third kappa shape index (κ3) is 2.82. The Morgan fingerprint density at radius 1 is 1.14 bits per heavy atom. The number of carbonyl (C=O) groups excluding carboxylic acids is 2. The van der Waals surface area contributed by atoms with E-state index in [1.807, 2.05) is 0 Å². The molecule has 0 saturated heterocycles. The predicted octanol–water partition coefficient (Wildman–Crippen LogP) is 2.25. The SMILES string of the molecule is CC(=O)Oc1ccc(-c2nc3ccc(C(=O)[O-])cc3s2)cc1. The highest BCUT2D eigenvalue weighted by Gasteiger charge is 2.08. The Kier molecular flexibility index (Phi) is 3.60. The molecule has 3 rings (SSSR count). The summed E-state index contributed by atoms with van der Waals surface area (Å²) in [6.45, 7) is 1.34. The topological polar surface area (TPSA) is 79.3 Å². The van der Waals surface area contributed by atoms with Gasteiger partial charge in [-0.1, -0.05) is 6.07 Å². The number of esters is 1. The number of fused-ring (bicyclic) bond motifs is 1. The van der Waals surface area contributed by atoms with Crippen molar-refractivity contribution in [3.05, 3.63) is 48.0 Å². The van der Waals surface area contributed by atoms with Crippen LogP contribution in [-0.2, 0) is 4.79 Å². The second-order valence-electron chi connectivity index (χ2n) is 4.61. The molecule has 0 radical (unpaired) electrons. The van der Waals surface area contributed by atoms with Crippen LogP contribution in [0, 0.1) is 0 Å². The van der Waals surface area contributed by atoms with Crippen molar-refractivity contribution in [2.24, 2.45) is 0 Å². The number of carboxylic acid groups (broad SMARTS) is 1. The Morgan fingerprint density at radius 3 is 2.50 bits per heavy atom. The molecule has 5 nitrogen and oxygen atoms in total. The summed E-state index contributed by atoms with van der Waals surface area (Å²) in [5.41, 5.74) is 1.73. The van der Waals surface area contributed by atoms with Gasteiger partial charge in [0.15, 0.2) is 0 Å². The van der Waals surface area contributed by atoms with Gasteiger partial charge in [-0.15, -0.1) is 11.3 Å². The number of hydrogen-bond acceptors (Lipinski definition) is 6. The lowest BCUT2D eigenvalue weighted by atomic mass is 10.2. The second-order valence-corrected chi connectivity index (χ2v) is 5.64. The van der Waals surface area contributed by atoms with E-state index >= 15 is 0 Å². The van der Waals surface area contributed by atoms with Crippen molar-refractivity contribution >= 4 is 33.5 Å². The van der Waals surface area contributed by atoms with Crippen molar-refractivity contribution in [2.45, 2.75) is 6.92 Å². The standard InChI is InChI=1S/C16H11NO4S/c1-9(18)21-12-5-2-10(3-6-12)15-17-13-7-4-11(16(19)20)8-14(13)22-15/h2-8H,1H3,(H,19,20)/p-1. The zero-order valence-corrected chi connectivity index (χ0v) is 12.3. The Labute approximate surface area is 129 Å². The fourth-order valence-electron chi connectivity index (χ4n) is 2.01. The number of hydrogen-bond donors (Lipinski definition) is 0. The molecule has 22 heavy (non-hydrogen) atoms. The molecule has 0 atom stereocenters. The van der Waals surface area contributed by atoms with Crippen molar-refractivity contribution in [3.63, 3.8) is 0 Å². The largest absolute Gasteiger partial charge is 0.545 e. The van der Waals surface area contributed by atoms with E-state index in [4.69, 9.17) is 4.74 Å². The van der Waals surface area contributed by atoms with Gasteiger partial charge >= 0.3 is 5.97 Å². The van der Waals surface area contributed by atoms with Gasteiger partial charge in [0.2, 0.25) is 0 Å². The first kappa shape index (κ1) is 14.2. The lowest BCUT2D eigenvalue weighted by molar-refractivity contribution is -0.255. The first-order chi connectivity index (χ1) is 10.5. The molecule has 2 aromatic carbocycles. The van der Waals surface area contributed by atoms with Crippen LogP contribution in [0.5, 0.6) is 5.75 Å². The third-order valence-electron chi connectivity index (χ3n) is 2.99. The smallest absolute Gasteiger partial charge is 0.308 e. The van der Waals surface area contributed by atoms with Crippen LogP contribution in [0.4, 0.5) is 0 Å². The van der Waals surface area contributed by atoms with Gasteiger partial charge in [-0.3, -0.25) is 4.79 Å². The van der Waals surface area contributed by atoms with Gasteiger partial charge in [0, 0.05) is 12.5 Å². The molecule has 0 unspecified atom stereocenters. The van der Waals surface area contributed by atoms with Crippen LogP contribution in [0.3, 0.4) is 0 Å².